The zero-order chi connectivity index (χ0) is 18.0. The highest BCUT2D eigenvalue weighted by atomic mass is 16.3. The molecule has 1 fully saturated rings. The Balaban J connectivity index is 2.21. The molecule has 0 bridgehead atoms. The fraction of sp³-hybridized carbons (Fsp3) is 0.789. The lowest BCUT2D eigenvalue weighted by molar-refractivity contribution is 0.215. The smallest absolute Gasteiger partial charge is 0.136 e. The van der Waals surface area contributed by atoms with E-state index in [4.69, 9.17) is 15.1 Å². The quantitative estimate of drug-likeness (QED) is 0.917. The van der Waals surface area contributed by atoms with Gasteiger partial charge < -0.3 is 10.0 Å². The Morgan fingerprint density at radius 3 is 2.08 bits per heavy atom. The van der Waals surface area contributed by atoms with Gasteiger partial charge in [-0.2, -0.15) is 0 Å². The van der Waals surface area contributed by atoms with Crippen LogP contribution in [0.1, 0.15) is 59.5 Å². The zero-order valence-electron chi connectivity index (χ0n) is 16.3. The normalized spacial score (nSPS) is 17.4. The number of aliphatic hydroxyl groups is 1. The minimum absolute atomic E-state index is 0.0145. The average Bonchev–Trinajstić information content (AvgIpc) is 2.51. The van der Waals surface area contributed by atoms with Crippen molar-refractivity contribution in [2.45, 2.75) is 58.8 Å². The number of hydrogen-bond acceptors (Lipinski definition) is 5. The van der Waals surface area contributed by atoms with Gasteiger partial charge >= 0.3 is 0 Å². The number of aromatic nitrogens is 2. The van der Waals surface area contributed by atoms with Gasteiger partial charge in [-0.1, -0.05) is 41.5 Å². The largest absolute Gasteiger partial charge is 0.396 e. The standard InChI is InChI=1S/C19H34N4O/c1-18(2,3)15-14-16(21-17(20-15)19(4,5)6)23-11-9-22(10-12-23)8-7-13-24/h14,24H,7-13H2,1-6H3. The highest BCUT2D eigenvalue weighted by Crippen LogP contribution is 2.28. The average molecular weight is 335 g/mol. The summed E-state index contributed by atoms with van der Waals surface area (Å²) in [7, 11) is 0. The second-order valence-electron chi connectivity index (χ2n) is 8.84. The molecular weight excluding hydrogens is 300 g/mol. The molecule has 1 aromatic rings. The Kier molecular flexibility index (Phi) is 5.87. The molecule has 1 aromatic heterocycles. The number of piperazine rings is 1. The van der Waals surface area contributed by atoms with Crippen LogP contribution in [0, 0.1) is 0 Å². The Labute approximate surface area is 147 Å². The minimum atomic E-state index is -0.0566. The first-order valence-corrected chi connectivity index (χ1v) is 9.09. The van der Waals surface area contributed by atoms with Crippen LogP contribution >= 0.6 is 0 Å². The number of nitrogens with zero attached hydrogens (tertiary/aromatic N) is 4. The molecule has 1 aliphatic heterocycles. The Morgan fingerprint density at radius 2 is 1.58 bits per heavy atom. The summed E-state index contributed by atoms with van der Waals surface area (Å²) in [5.41, 5.74) is 1.07. The van der Waals surface area contributed by atoms with Gasteiger partial charge in [0.25, 0.3) is 0 Å². The van der Waals surface area contributed by atoms with Gasteiger partial charge in [-0.25, -0.2) is 9.97 Å². The molecule has 5 nitrogen and oxygen atoms in total. The van der Waals surface area contributed by atoms with E-state index in [1.165, 1.54) is 0 Å². The van der Waals surface area contributed by atoms with Gasteiger partial charge in [-0.3, -0.25) is 4.90 Å². The van der Waals surface area contributed by atoms with Gasteiger partial charge in [-0.15, -0.1) is 0 Å². The van der Waals surface area contributed by atoms with E-state index in [-0.39, 0.29) is 17.4 Å². The third-order valence-electron chi connectivity index (χ3n) is 4.48. The number of anilines is 1. The molecule has 0 amide bonds. The maximum Gasteiger partial charge on any atom is 0.136 e. The van der Waals surface area contributed by atoms with Crippen molar-refractivity contribution in [2.75, 3.05) is 44.2 Å². The summed E-state index contributed by atoms with van der Waals surface area (Å²) in [5, 5.41) is 8.99. The van der Waals surface area contributed by atoms with Crippen molar-refractivity contribution < 1.29 is 5.11 Å². The van der Waals surface area contributed by atoms with E-state index in [1.54, 1.807) is 0 Å². The highest BCUT2D eigenvalue weighted by Gasteiger charge is 2.26. The summed E-state index contributed by atoms with van der Waals surface area (Å²) in [6.45, 7) is 18.4. The van der Waals surface area contributed by atoms with Gasteiger partial charge in [0.2, 0.25) is 0 Å². The van der Waals surface area contributed by atoms with E-state index in [0.717, 1.165) is 56.5 Å². The van der Waals surface area contributed by atoms with Gasteiger partial charge in [0.15, 0.2) is 0 Å². The van der Waals surface area contributed by atoms with Crippen molar-refractivity contribution in [3.8, 4) is 0 Å². The molecule has 136 valence electrons. The first-order chi connectivity index (χ1) is 11.1. The topological polar surface area (TPSA) is 52.5 Å². The summed E-state index contributed by atoms with van der Waals surface area (Å²) in [6.07, 6.45) is 0.857. The molecule has 0 aliphatic carbocycles. The van der Waals surface area contributed by atoms with Crippen LogP contribution in [0.5, 0.6) is 0 Å². The predicted molar refractivity (Wildman–Crippen MR) is 99.8 cm³/mol. The Bertz CT molecular complexity index is 505. The van der Waals surface area contributed by atoms with Gasteiger partial charge in [0.05, 0.1) is 5.69 Å². The van der Waals surface area contributed by atoms with Crippen LogP contribution in [0.25, 0.3) is 0 Å². The fourth-order valence-electron chi connectivity index (χ4n) is 2.81. The molecule has 0 spiro atoms. The Morgan fingerprint density at radius 1 is 0.958 bits per heavy atom. The first kappa shape index (κ1) is 19.1. The fourth-order valence-corrected chi connectivity index (χ4v) is 2.81. The number of hydrogen-bond donors (Lipinski definition) is 1. The molecule has 0 saturated carbocycles. The summed E-state index contributed by atoms with van der Waals surface area (Å²) in [4.78, 5) is 14.5. The second kappa shape index (κ2) is 7.36. The van der Waals surface area contributed by atoms with Crippen LogP contribution < -0.4 is 4.90 Å². The molecule has 2 heterocycles. The molecular formula is C19H34N4O. The van der Waals surface area contributed by atoms with Gasteiger partial charge in [-0.05, 0) is 6.42 Å². The maximum atomic E-state index is 8.99. The summed E-state index contributed by atoms with van der Waals surface area (Å²) < 4.78 is 0. The monoisotopic (exact) mass is 334 g/mol. The summed E-state index contributed by atoms with van der Waals surface area (Å²) in [6, 6.07) is 2.17. The van der Waals surface area contributed by atoms with Crippen LogP contribution in [0.2, 0.25) is 0 Å². The molecule has 5 heteroatoms. The van der Waals surface area contributed by atoms with Gasteiger partial charge in [0.1, 0.15) is 11.6 Å². The van der Waals surface area contributed by atoms with Crippen molar-refractivity contribution >= 4 is 5.82 Å². The van der Waals surface area contributed by atoms with E-state index in [1.807, 2.05) is 0 Å². The van der Waals surface area contributed by atoms with Crippen LogP contribution in [-0.4, -0.2) is 59.3 Å². The lowest BCUT2D eigenvalue weighted by Crippen LogP contribution is -2.47. The van der Waals surface area contributed by atoms with E-state index in [0.29, 0.717) is 0 Å². The molecule has 0 radical (unpaired) electrons. The number of rotatable bonds is 4. The second-order valence-corrected chi connectivity index (χ2v) is 8.84. The first-order valence-electron chi connectivity index (χ1n) is 9.09. The zero-order valence-corrected chi connectivity index (χ0v) is 16.3. The molecule has 1 saturated heterocycles. The Hall–Kier alpha value is -1.20. The van der Waals surface area contributed by atoms with Crippen molar-refractivity contribution in [3.05, 3.63) is 17.6 Å². The molecule has 24 heavy (non-hydrogen) atoms. The van der Waals surface area contributed by atoms with E-state index < -0.39 is 0 Å². The molecule has 0 unspecified atom stereocenters. The maximum absolute atomic E-state index is 8.99. The van der Waals surface area contributed by atoms with Crippen LogP contribution in [-0.2, 0) is 10.8 Å². The summed E-state index contributed by atoms with van der Waals surface area (Å²) >= 11 is 0. The lowest BCUT2D eigenvalue weighted by Gasteiger charge is -2.36. The third kappa shape index (κ3) is 4.90. The molecule has 0 aromatic carbocycles. The van der Waals surface area contributed by atoms with E-state index in [9.17, 15) is 0 Å². The molecule has 0 atom stereocenters. The number of aliphatic hydroxyl groups excluding tert-OH is 1. The van der Waals surface area contributed by atoms with Crippen molar-refractivity contribution in [1.29, 1.82) is 0 Å². The molecule has 1 N–H and O–H groups in total. The van der Waals surface area contributed by atoms with Crippen LogP contribution in [0.3, 0.4) is 0 Å². The summed E-state index contributed by atoms with van der Waals surface area (Å²) in [5.74, 6) is 1.98. The minimum Gasteiger partial charge on any atom is -0.396 e. The van der Waals surface area contributed by atoms with E-state index in [2.05, 4.69) is 57.4 Å². The molecule has 2 rings (SSSR count). The predicted octanol–water partition coefficient (Wildman–Crippen LogP) is 2.58. The third-order valence-corrected chi connectivity index (χ3v) is 4.48. The van der Waals surface area contributed by atoms with Crippen LogP contribution in [0.4, 0.5) is 5.82 Å². The van der Waals surface area contributed by atoms with Crippen molar-refractivity contribution in [2.24, 2.45) is 0 Å². The van der Waals surface area contributed by atoms with E-state index >= 15 is 0 Å². The van der Waals surface area contributed by atoms with Gasteiger partial charge in [0, 0.05) is 56.2 Å². The molecule has 1 aliphatic rings. The van der Waals surface area contributed by atoms with Crippen molar-refractivity contribution in [3.63, 3.8) is 0 Å². The van der Waals surface area contributed by atoms with Crippen molar-refractivity contribution in [1.82, 2.24) is 14.9 Å². The van der Waals surface area contributed by atoms with Crippen LogP contribution in [0.15, 0.2) is 6.07 Å². The highest BCUT2D eigenvalue weighted by molar-refractivity contribution is 5.42. The lowest BCUT2D eigenvalue weighted by atomic mass is 9.90. The SMILES string of the molecule is CC(C)(C)c1cc(N2CCN(CCCO)CC2)nc(C(C)(C)C)n1.